The Morgan fingerprint density at radius 3 is 2.58 bits per heavy atom. The van der Waals surface area contributed by atoms with E-state index in [1.54, 1.807) is 7.11 Å². The van der Waals surface area contributed by atoms with Gasteiger partial charge in [-0.3, -0.25) is 15.1 Å². The van der Waals surface area contributed by atoms with Crippen LogP contribution in [0.5, 0.6) is 0 Å². The Morgan fingerprint density at radius 1 is 1.24 bits per heavy atom. The number of benzene rings is 1. The third-order valence-corrected chi connectivity index (χ3v) is 5.92. The van der Waals surface area contributed by atoms with Gasteiger partial charge in [0.1, 0.15) is 5.71 Å². The number of nitrogens with zero attached hydrogens (tertiary/aromatic N) is 3. The number of carbonyl (C=O) groups is 1. The van der Waals surface area contributed by atoms with E-state index in [0.29, 0.717) is 50.1 Å². The van der Waals surface area contributed by atoms with E-state index in [-0.39, 0.29) is 37.4 Å². The lowest BCUT2D eigenvalue weighted by atomic mass is 9.85. The number of ether oxygens (including phenoxy) is 1. The number of hydrazone groups is 1. The molecule has 3 rings (SSSR count). The zero-order valence-electron chi connectivity index (χ0n) is 18.4. The molecule has 0 radical (unpaired) electrons. The first-order valence-corrected chi connectivity index (χ1v) is 10.7. The molecule has 33 heavy (non-hydrogen) atoms. The van der Waals surface area contributed by atoms with Crippen molar-refractivity contribution in [3.63, 3.8) is 0 Å². The maximum absolute atomic E-state index is 14.0. The highest BCUT2D eigenvalue weighted by molar-refractivity contribution is 6.38. The third-order valence-electron chi connectivity index (χ3n) is 5.92. The Kier molecular flexibility index (Phi) is 8.06. The Labute approximate surface area is 189 Å². The molecule has 1 amide bonds. The van der Waals surface area contributed by atoms with Crippen molar-refractivity contribution in [3.05, 3.63) is 47.2 Å². The molecule has 0 atom stereocenters. The highest BCUT2D eigenvalue weighted by Gasteiger charge is 2.40. The number of likely N-dealkylation sites (tertiary alicyclic amines) is 1. The number of halogens is 5. The second kappa shape index (κ2) is 10.6. The molecule has 0 aromatic heterocycles. The van der Waals surface area contributed by atoms with Crippen LogP contribution in [0.25, 0.3) is 0 Å². The summed E-state index contributed by atoms with van der Waals surface area (Å²) in [4.78, 5) is 16.6. The highest BCUT2D eigenvalue weighted by Crippen LogP contribution is 2.40. The first kappa shape index (κ1) is 25.1. The van der Waals surface area contributed by atoms with Crippen LogP contribution < -0.4 is 5.43 Å². The quantitative estimate of drug-likeness (QED) is 0.664. The fourth-order valence-corrected chi connectivity index (χ4v) is 4.19. The van der Waals surface area contributed by atoms with Crippen molar-refractivity contribution in [3.8, 4) is 0 Å². The second-order valence-corrected chi connectivity index (χ2v) is 8.18. The second-order valence-electron chi connectivity index (χ2n) is 8.18. The minimum atomic E-state index is -5.01. The maximum Gasteiger partial charge on any atom is 0.419 e. The molecule has 6 nitrogen and oxygen atoms in total. The van der Waals surface area contributed by atoms with Crippen LogP contribution >= 0.6 is 0 Å². The predicted octanol–water partition coefficient (Wildman–Crippen LogP) is 3.50. The summed E-state index contributed by atoms with van der Waals surface area (Å²) in [5.74, 6) is -4.35. The lowest BCUT2D eigenvalue weighted by Crippen LogP contribution is -2.44. The van der Waals surface area contributed by atoms with Gasteiger partial charge in [0.05, 0.1) is 12.2 Å². The zero-order valence-corrected chi connectivity index (χ0v) is 18.4. The molecule has 0 spiro atoms. The van der Waals surface area contributed by atoms with Crippen LogP contribution in [0.4, 0.5) is 22.0 Å². The van der Waals surface area contributed by atoms with Gasteiger partial charge in [-0.15, -0.1) is 0 Å². The Hall–Kier alpha value is -2.53. The smallest absolute Gasteiger partial charge is 0.383 e. The molecule has 1 aromatic carbocycles. The molecule has 0 saturated carbocycles. The number of nitrogens with one attached hydrogen (secondary N) is 1. The molecule has 0 aliphatic carbocycles. The lowest BCUT2D eigenvalue weighted by molar-refractivity contribution is -0.141. The van der Waals surface area contributed by atoms with E-state index in [0.717, 1.165) is 6.07 Å². The summed E-state index contributed by atoms with van der Waals surface area (Å²) in [7, 11) is 1.61. The van der Waals surface area contributed by atoms with E-state index in [1.807, 2.05) is 0 Å². The number of piperidine rings is 1. The molecule has 0 bridgehead atoms. The van der Waals surface area contributed by atoms with Crippen LogP contribution in [0, 0.1) is 11.6 Å². The zero-order chi connectivity index (χ0) is 24.2. The van der Waals surface area contributed by atoms with E-state index in [2.05, 4.69) is 22.0 Å². The van der Waals surface area contributed by atoms with Crippen LogP contribution in [0.1, 0.15) is 36.3 Å². The molecule has 2 aliphatic heterocycles. The molecule has 1 saturated heterocycles. The minimum absolute atomic E-state index is 0.188. The Bertz CT molecular complexity index is 911. The molecular formula is C22H27F5N4O2. The number of hydrogen-bond acceptors (Lipinski definition) is 5. The lowest BCUT2D eigenvalue weighted by Gasteiger charge is -2.34. The summed E-state index contributed by atoms with van der Waals surface area (Å²) in [5.41, 5.74) is 1.90. The van der Waals surface area contributed by atoms with Gasteiger partial charge < -0.3 is 9.64 Å². The molecular weight excluding hydrogens is 447 g/mol. The average Bonchev–Trinajstić information content (AvgIpc) is 2.76. The van der Waals surface area contributed by atoms with E-state index >= 15 is 0 Å². The fourth-order valence-electron chi connectivity index (χ4n) is 4.19. The summed E-state index contributed by atoms with van der Waals surface area (Å²) < 4.78 is 72.7. The number of alkyl halides is 3. The van der Waals surface area contributed by atoms with Crippen molar-refractivity contribution >= 4 is 11.6 Å². The van der Waals surface area contributed by atoms with Crippen molar-refractivity contribution < 1.29 is 31.5 Å². The summed E-state index contributed by atoms with van der Waals surface area (Å²) in [5, 5.41) is 4.18. The fraction of sp³-hybridized carbons (Fsp3) is 0.545. The van der Waals surface area contributed by atoms with Gasteiger partial charge in [-0.25, -0.2) is 8.78 Å². The van der Waals surface area contributed by atoms with Gasteiger partial charge in [0, 0.05) is 52.0 Å². The summed E-state index contributed by atoms with van der Waals surface area (Å²) in [6.07, 6.45) is -4.21. The van der Waals surface area contributed by atoms with Gasteiger partial charge in [-0.1, -0.05) is 12.6 Å². The van der Waals surface area contributed by atoms with E-state index in [1.165, 1.54) is 4.90 Å². The van der Waals surface area contributed by atoms with Gasteiger partial charge in [0.25, 0.3) is 5.91 Å². The van der Waals surface area contributed by atoms with Gasteiger partial charge in [-0.05, 0) is 30.4 Å². The van der Waals surface area contributed by atoms with E-state index in [4.69, 9.17) is 4.74 Å². The molecule has 1 N–H and O–H groups in total. The van der Waals surface area contributed by atoms with Crippen molar-refractivity contribution in [2.24, 2.45) is 5.10 Å². The number of rotatable bonds is 5. The van der Waals surface area contributed by atoms with E-state index < -0.39 is 29.3 Å². The molecule has 11 heteroatoms. The number of carbonyl (C=O) groups excluding carboxylic acids is 1. The Balaban J connectivity index is 1.68. The van der Waals surface area contributed by atoms with Crippen LogP contribution in [0.15, 0.2) is 29.5 Å². The SMILES string of the molecule is C=C1CN(CCOC)CC/C(C(=O)N2CCC(c3ccc(F)c(F)c3C(F)(F)F)CC2)=N\N1. The topological polar surface area (TPSA) is 57.2 Å². The number of methoxy groups -OCH3 is 1. The van der Waals surface area contributed by atoms with Gasteiger partial charge >= 0.3 is 6.18 Å². The monoisotopic (exact) mass is 474 g/mol. The van der Waals surface area contributed by atoms with Crippen LogP contribution in [0.2, 0.25) is 0 Å². The van der Waals surface area contributed by atoms with Crippen molar-refractivity contribution in [1.82, 2.24) is 15.2 Å². The summed E-state index contributed by atoms with van der Waals surface area (Å²) in [6.45, 7) is 6.61. The largest absolute Gasteiger partial charge is 0.419 e. The first-order valence-electron chi connectivity index (χ1n) is 10.7. The summed E-state index contributed by atoms with van der Waals surface area (Å²) in [6, 6.07) is 1.71. The van der Waals surface area contributed by atoms with Crippen LogP contribution in [0.3, 0.4) is 0 Å². The molecule has 1 fully saturated rings. The van der Waals surface area contributed by atoms with Crippen molar-refractivity contribution in [2.75, 3.05) is 46.4 Å². The molecule has 1 aromatic rings. The van der Waals surface area contributed by atoms with Gasteiger partial charge in [0.2, 0.25) is 0 Å². The highest BCUT2D eigenvalue weighted by atomic mass is 19.4. The first-order chi connectivity index (χ1) is 15.6. The van der Waals surface area contributed by atoms with Crippen LogP contribution in [-0.2, 0) is 15.7 Å². The van der Waals surface area contributed by atoms with Gasteiger partial charge in [0.15, 0.2) is 11.6 Å². The molecule has 182 valence electrons. The average molecular weight is 474 g/mol. The third kappa shape index (κ3) is 6.08. The normalized spacial score (nSPS) is 20.6. The Morgan fingerprint density at radius 2 is 1.94 bits per heavy atom. The number of hydrogen-bond donors (Lipinski definition) is 1. The maximum atomic E-state index is 14.0. The molecule has 2 aliphatic rings. The van der Waals surface area contributed by atoms with E-state index in [9.17, 15) is 26.7 Å². The van der Waals surface area contributed by atoms with Crippen molar-refractivity contribution in [1.29, 1.82) is 0 Å². The predicted molar refractivity (Wildman–Crippen MR) is 113 cm³/mol. The minimum Gasteiger partial charge on any atom is -0.383 e. The summed E-state index contributed by atoms with van der Waals surface area (Å²) >= 11 is 0. The standard InChI is InChI=1S/C22H27F5N4O2/c1-14-13-30(11-12-33-2)8-7-18(29-28-14)21(32)31-9-5-15(6-10-31)16-3-4-17(23)20(24)19(16)22(25,26)27/h3-4,15,28H,1,5-13H2,2H3/b29-18+. The molecule has 2 heterocycles. The van der Waals surface area contributed by atoms with Gasteiger partial charge in [-0.2, -0.15) is 18.3 Å². The molecule has 0 unspecified atom stereocenters. The number of amides is 1. The van der Waals surface area contributed by atoms with Crippen LogP contribution in [-0.4, -0.2) is 67.9 Å². The van der Waals surface area contributed by atoms with Crippen molar-refractivity contribution in [2.45, 2.75) is 31.4 Å².